The number of ether oxygens (including phenoxy) is 2. The summed E-state index contributed by atoms with van der Waals surface area (Å²) < 4.78 is 11.0. The van der Waals surface area contributed by atoms with Gasteiger partial charge in [-0.15, -0.1) is 0 Å². The number of nitrogens with one attached hydrogen (secondary N) is 2. The SMILES string of the molecule is CCOc1ccc(C(=O)NCCNC(=O)C(C)Oc2ccc(C(C)C)cc2)cc1. The molecule has 0 aliphatic heterocycles. The van der Waals surface area contributed by atoms with Crippen LogP contribution in [0, 0.1) is 0 Å². The lowest BCUT2D eigenvalue weighted by Crippen LogP contribution is -2.40. The van der Waals surface area contributed by atoms with Gasteiger partial charge in [0.15, 0.2) is 6.10 Å². The van der Waals surface area contributed by atoms with Gasteiger partial charge in [-0.1, -0.05) is 26.0 Å². The van der Waals surface area contributed by atoms with Crippen LogP contribution in [0.3, 0.4) is 0 Å². The van der Waals surface area contributed by atoms with Crippen LogP contribution in [0.25, 0.3) is 0 Å². The van der Waals surface area contributed by atoms with Crippen molar-refractivity contribution in [3.63, 3.8) is 0 Å². The summed E-state index contributed by atoms with van der Waals surface area (Å²) in [5, 5.41) is 5.54. The van der Waals surface area contributed by atoms with Crippen LogP contribution in [0.15, 0.2) is 48.5 Å². The summed E-state index contributed by atoms with van der Waals surface area (Å²) in [5.74, 6) is 1.40. The van der Waals surface area contributed by atoms with Crippen molar-refractivity contribution in [1.82, 2.24) is 10.6 Å². The first-order valence-corrected chi connectivity index (χ1v) is 9.96. The summed E-state index contributed by atoms with van der Waals surface area (Å²) in [4.78, 5) is 24.3. The van der Waals surface area contributed by atoms with Crippen molar-refractivity contribution in [3.8, 4) is 11.5 Å². The molecule has 2 aromatic rings. The van der Waals surface area contributed by atoms with Crippen LogP contribution in [0.2, 0.25) is 0 Å². The van der Waals surface area contributed by atoms with E-state index in [1.807, 2.05) is 31.2 Å². The summed E-state index contributed by atoms with van der Waals surface area (Å²) in [7, 11) is 0. The molecule has 2 aromatic carbocycles. The van der Waals surface area contributed by atoms with Gasteiger partial charge in [0, 0.05) is 18.7 Å². The van der Waals surface area contributed by atoms with E-state index in [4.69, 9.17) is 9.47 Å². The van der Waals surface area contributed by atoms with Gasteiger partial charge in [-0.25, -0.2) is 0 Å². The highest BCUT2D eigenvalue weighted by atomic mass is 16.5. The predicted octanol–water partition coefficient (Wildman–Crippen LogP) is 3.52. The molecule has 0 heterocycles. The number of hydrogen-bond donors (Lipinski definition) is 2. The molecule has 1 unspecified atom stereocenters. The second-order valence-corrected chi connectivity index (χ2v) is 6.99. The van der Waals surface area contributed by atoms with Gasteiger partial charge in [-0.05, 0) is 61.7 Å². The number of amides is 2. The molecule has 0 fully saturated rings. The van der Waals surface area contributed by atoms with Crippen LogP contribution in [-0.4, -0.2) is 37.6 Å². The van der Waals surface area contributed by atoms with E-state index < -0.39 is 6.10 Å². The zero-order chi connectivity index (χ0) is 21.2. The number of carbonyl (C=O) groups is 2. The van der Waals surface area contributed by atoms with Gasteiger partial charge in [0.05, 0.1) is 6.61 Å². The van der Waals surface area contributed by atoms with Crippen molar-refractivity contribution in [2.45, 2.75) is 39.7 Å². The highest BCUT2D eigenvalue weighted by Gasteiger charge is 2.14. The Morgan fingerprint density at radius 1 is 0.862 bits per heavy atom. The van der Waals surface area contributed by atoms with E-state index in [9.17, 15) is 9.59 Å². The van der Waals surface area contributed by atoms with Crippen LogP contribution in [0.1, 0.15) is 49.5 Å². The molecule has 2 amide bonds. The lowest BCUT2D eigenvalue weighted by molar-refractivity contribution is -0.127. The quantitative estimate of drug-likeness (QED) is 0.601. The minimum absolute atomic E-state index is 0.197. The molecule has 1 atom stereocenters. The molecule has 0 aromatic heterocycles. The van der Waals surface area contributed by atoms with Gasteiger partial charge in [-0.3, -0.25) is 9.59 Å². The summed E-state index contributed by atoms with van der Waals surface area (Å²) >= 11 is 0. The fourth-order valence-corrected chi connectivity index (χ4v) is 2.67. The van der Waals surface area contributed by atoms with Crippen molar-refractivity contribution in [3.05, 3.63) is 59.7 Å². The second kappa shape index (κ2) is 11.1. The van der Waals surface area contributed by atoms with Crippen LogP contribution in [-0.2, 0) is 4.79 Å². The number of benzene rings is 2. The van der Waals surface area contributed by atoms with Crippen molar-refractivity contribution in [1.29, 1.82) is 0 Å². The standard InChI is InChI=1S/C23H30N2O4/c1-5-28-20-10-8-19(9-11-20)23(27)25-15-14-24-22(26)17(4)29-21-12-6-18(7-13-21)16(2)3/h6-13,16-17H,5,14-15H2,1-4H3,(H,24,26)(H,25,27). The Morgan fingerprint density at radius 2 is 1.45 bits per heavy atom. The molecular formula is C23H30N2O4. The molecule has 156 valence electrons. The Bertz CT molecular complexity index is 786. The molecule has 29 heavy (non-hydrogen) atoms. The third kappa shape index (κ3) is 7.14. The maximum Gasteiger partial charge on any atom is 0.260 e. The van der Waals surface area contributed by atoms with E-state index in [1.165, 1.54) is 5.56 Å². The van der Waals surface area contributed by atoms with Crippen molar-refractivity contribution < 1.29 is 19.1 Å². The minimum Gasteiger partial charge on any atom is -0.494 e. The smallest absolute Gasteiger partial charge is 0.260 e. The fourth-order valence-electron chi connectivity index (χ4n) is 2.67. The summed E-state index contributed by atoms with van der Waals surface area (Å²) in [6, 6.07) is 14.7. The lowest BCUT2D eigenvalue weighted by atomic mass is 10.0. The fraction of sp³-hybridized carbons (Fsp3) is 0.391. The lowest BCUT2D eigenvalue weighted by Gasteiger charge is -2.15. The highest BCUT2D eigenvalue weighted by Crippen LogP contribution is 2.19. The van der Waals surface area contributed by atoms with E-state index in [-0.39, 0.29) is 11.8 Å². The zero-order valence-electron chi connectivity index (χ0n) is 17.5. The van der Waals surface area contributed by atoms with Crippen LogP contribution >= 0.6 is 0 Å². The molecule has 6 heteroatoms. The molecule has 0 radical (unpaired) electrons. The molecule has 2 rings (SSSR count). The number of rotatable bonds is 10. The average Bonchev–Trinajstić information content (AvgIpc) is 2.72. The maximum absolute atomic E-state index is 12.2. The van der Waals surface area contributed by atoms with E-state index in [1.54, 1.807) is 31.2 Å². The van der Waals surface area contributed by atoms with Gasteiger partial charge >= 0.3 is 0 Å². The Hall–Kier alpha value is -3.02. The third-order valence-electron chi connectivity index (χ3n) is 4.37. The van der Waals surface area contributed by atoms with Crippen LogP contribution in [0.4, 0.5) is 0 Å². The normalized spacial score (nSPS) is 11.6. The Kier molecular flexibility index (Phi) is 8.52. The molecule has 0 aliphatic carbocycles. The first-order valence-electron chi connectivity index (χ1n) is 9.96. The van der Waals surface area contributed by atoms with E-state index >= 15 is 0 Å². The van der Waals surface area contributed by atoms with Crippen LogP contribution in [0.5, 0.6) is 11.5 Å². The Labute approximate surface area is 172 Å². The molecule has 0 saturated carbocycles. The first kappa shape index (κ1) is 22.3. The largest absolute Gasteiger partial charge is 0.494 e. The number of hydrogen-bond acceptors (Lipinski definition) is 4. The monoisotopic (exact) mass is 398 g/mol. The van der Waals surface area contributed by atoms with Gasteiger partial charge < -0.3 is 20.1 Å². The topological polar surface area (TPSA) is 76.7 Å². The summed E-state index contributed by atoms with van der Waals surface area (Å²) in [6.45, 7) is 9.08. The van der Waals surface area contributed by atoms with Gasteiger partial charge in [0.25, 0.3) is 11.8 Å². The zero-order valence-corrected chi connectivity index (χ0v) is 17.5. The molecular weight excluding hydrogens is 368 g/mol. The van der Waals surface area contributed by atoms with Gasteiger partial charge in [0.2, 0.25) is 0 Å². The third-order valence-corrected chi connectivity index (χ3v) is 4.37. The van der Waals surface area contributed by atoms with E-state index in [0.717, 1.165) is 5.75 Å². The minimum atomic E-state index is -0.623. The Balaban J connectivity index is 1.70. The highest BCUT2D eigenvalue weighted by molar-refractivity contribution is 5.94. The first-order chi connectivity index (χ1) is 13.9. The van der Waals surface area contributed by atoms with Crippen molar-refractivity contribution >= 4 is 11.8 Å². The second-order valence-electron chi connectivity index (χ2n) is 6.99. The van der Waals surface area contributed by atoms with E-state index in [2.05, 4.69) is 24.5 Å². The molecule has 6 nitrogen and oxygen atoms in total. The molecule has 2 N–H and O–H groups in total. The van der Waals surface area contributed by atoms with Crippen molar-refractivity contribution in [2.75, 3.05) is 19.7 Å². The van der Waals surface area contributed by atoms with Gasteiger partial charge in [0.1, 0.15) is 11.5 Å². The van der Waals surface area contributed by atoms with Crippen molar-refractivity contribution in [2.24, 2.45) is 0 Å². The van der Waals surface area contributed by atoms with Crippen LogP contribution < -0.4 is 20.1 Å². The predicted molar refractivity (Wildman–Crippen MR) is 114 cm³/mol. The molecule has 0 saturated heterocycles. The van der Waals surface area contributed by atoms with Gasteiger partial charge in [-0.2, -0.15) is 0 Å². The summed E-state index contributed by atoms with van der Waals surface area (Å²) in [5.41, 5.74) is 1.76. The Morgan fingerprint density at radius 3 is 2.03 bits per heavy atom. The summed E-state index contributed by atoms with van der Waals surface area (Å²) in [6.07, 6.45) is -0.623. The number of carbonyl (C=O) groups excluding carboxylic acids is 2. The maximum atomic E-state index is 12.2. The molecule has 0 aliphatic rings. The molecule has 0 spiro atoms. The van der Waals surface area contributed by atoms with E-state index in [0.29, 0.717) is 36.9 Å². The molecule has 0 bridgehead atoms. The average molecular weight is 399 g/mol.